The molecule has 2 aromatic heterocycles. The first-order chi connectivity index (χ1) is 13.0. The van der Waals surface area contributed by atoms with Crippen molar-refractivity contribution in [3.05, 3.63) is 64.9 Å². The summed E-state index contributed by atoms with van der Waals surface area (Å²) in [7, 11) is 0. The van der Waals surface area contributed by atoms with E-state index >= 15 is 0 Å². The molecule has 3 heterocycles. The van der Waals surface area contributed by atoms with Crippen molar-refractivity contribution in [2.45, 2.75) is 26.8 Å². The molecule has 140 valence electrons. The molecule has 1 unspecified atom stereocenters. The molecule has 4 rings (SSSR count). The van der Waals surface area contributed by atoms with E-state index in [4.69, 9.17) is 0 Å². The van der Waals surface area contributed by atoms with Gasteiger partial charge in [-0.1, -0.05) is 23.5 Å². The van der Waals surface area contributed by atoms with Gasteiger partial charge in [-0.25, -0.2) is 4.98 Å². The monoisotopic (exact) mass is 380 g/mol. The smallest absolute Gasteiger partial charge is 0.266 e. The quantitative estimate of drug-likeness (QED) is 0.692. The van der Waals surface area contributed by atoms with Crippen molar-refractivity contribution in [2.24, 2.45) is 0 Å². The highest BCUT2D eigenvalue weighted by Crippen LogP contribution is 2.26. The maximum atomic E-state index is 13.1. The third-order valence-electron chi connectivity index (χ3n) is 5.05. The fraction of sp³-hybridized carbons (Fsp3) is 0.333. The van der Waals surface area contributed by atoms with Crippen LogP contribution in [-0.4, -0.2) is 46.0 Å². The Labute approximate surface area is 163 Å². The van der Waals surface area contributed by atoms with Crippen LogP contribution in [0.4, 0.5) is 5.69 Å². The van der Waals surface area contributed by atoms with E-state index in [-0.39, 0.29) is 11.9 Å². The number of thiazole rings is 1. The van der Waals surface area contributed by atoms with Crippen LogP contribution in [0.5, 0.6) is 0 Å². The van der Waals surface area contributed by atoms with Gasteiger partial charge in [0.05, 0.1) is 5.69 Å². The average molecular weight is 381 g/mol. The van der Waals surface area contributed by atoms with Crippen molar-refractivity contribution in [3.63, 3.8) is 0 Å². The Bertz CT molecular complexity index is 947. The molecular formula is C21H24N4OS. The fourth-order valence-corrected chi connectivity index (χ4v) is 4.63. The van der Waals surface area contributed by atoms with Crippen LogP contribution < -0.4 is 4.90 Å². The molecule has 0 aliphatic carbocycles. The zero-order valence-electron chi connectivity index (χ0n) is 15.9. The van der Waals surface area contributed by atoms with Crippen molar-refractivity contribution >= 4 is 22.9 Å². The Morgan fingerprint density at radius 1 is 1.15 bits per heavy atom. The van der Waals surface area contributed by atoms with E-state index in [1.165, 1.54) is 22.6 Å². The minimum absolute atomic E-state index is 0.0964. The Morgan fingerprint density at radius 2 is 1.93 bits per heavy atom. The second kappa shape index (κ2) is 7.19. The van der Waals surface area contributed by atoms with Crippen molar-refractivity contribution in [3.8, 4) is 5.13 Å². The first-order valence-corrected chi connectivity index (χ1v) is 10.1. The number of hydrogen-bond donors (Lipinski definition) is 0. The second-order valence-corrected chi connectivity index (χ2v) is 8.11. The number of aromatic nitrogens is 2. The Balaban J connectivity index is 1.50. The number of carbonyl (C=O) groups excluding carboxylic acids is 1. The highest BCUT2D eigenvalue weighted by molar-refractivity contribution is 7.16. The van der Waals surface area contributed by atoms with E-state index in [0.717, 1.165) is 35.3 Å². The molecule has 1 atom stereocenters. The van der Waals surface area contributed by atoms with Crippen LogP contribution in [0.15, 0.2) is 48.8 Å². The number of benzene rings is 1. The van der Waals surface area contributed by atoms with Gasteiger partial charge in [-0.15, -0.1) is 0 Å². The van der Waals surface area contributed by atoms with Gasteiger partial charge in [0.15, 0.2) is 5.13 Å². The lowest BCUT2D eigenvalue weighted by molar-refractivity contribution is 0.0730. The predicted molar refractivity (Wildman–Crippen MR) is 110 cm³/mol. The maximum Gasteiger partial charge on any atom is 0.266 e. The summed E-state index contributed by atoms with van der Waals surface area (Å²) in [5.74, 6) is 0.0964. The van der Waals surface area contributed by atoms with Gasteiger partial charge in [-0.05, 0) is 50.6 Å². The first kappa shape index (κ1) is 17.8. The van der Waals surface area contributed by atoms with Gasteiger partial charge in [-0.2, -0.15) is 0 Å². The van der Waals surface area contributed by atoms with E-state index in [0.29, 0.717) is 0 Å². The number of nitrogens with zero attached hydrogens (tertiary/aromatic N) is 4. The molecule has 1 aliphatic rings. The van der Waals surface area contributed by atoms with Crippen LogP contribution in [0.1, 0.15) is 27.9 Å². The third kappa shape index (κ3) is 3.49. The molecule has 1 saturated heterocycles. The zero-order valence-corrected chi connectivity index (χ0v) is 16.7. The van der Waals surface area contributed by atoms with Gasteiger partial charge in [0, 0.05) is 43.8 Å². The predicted octanol–water partition coefficient (Wildman–Crippen LogP) is 3.90. The molecule has 27 heavy (non-hydrogen) atoms. The minimum atomic E-state index is 0.0964. The van der Waals surface area contributed by atoms with Gasteiger partial charge < -0.3 is 14.4 Å². The molecule has 0 spiro atoms. The lowest BCUT2D eigenvalue weighted by Gasteiger charge is -2.41. The summed E-state index contributed by atoms with van der Waals surface area (Å²) in [5, 5.41) is 0.840. The van der Waals surface area contributed by atoms with Gasteiger partial charge >= 0.3 is 0 Å². The molecule has 1 aliphatic heterocycles. The zero-order chi connectivity index (χ0) is 19.0. The lowest BCUT2D eigenvalue weighted by atomic mass is 10.1. The Morgan fingerprint density at radius 3 is 2.63 bits per heavy atom. The maximum absolute atomic E-state index is 13.1. The van der Waals surface area contributed by atoms with E-state index in [2.05, 4.69) is 48.0 Å². The highest BCUT2D eigenvalue weighted by atomic mass is 32.1. The summed E-state index contributed by atoms with van der Waals surface area (Å²) in [6, 6.07) is 12.8. The van der Waals surface area contributed by atoms with Crippen molar-refractivity contribution in [1.82, 2.24) is 14.5 Å². The molecule has 0 saturated carbocycles. The van der Waals surface area contributed by atoms with Gasteiger partial charge in [0.1, 0.15) is 4.88 Å². The second-order valence-electron chi connectivity index (χ2n) is 7.13. The minimum Gasteiger partial charge on any atom is -0.365 e. The number of anilines is 1. The topological polar surface area (TPSA) is 41.4 Å². The SMILES string of the molecule is Cc1cccc(N2CCN(C(=O)c3sc(-n4cccc4)nc3C)CC2C)c1. The molecule has 1 fully saturated rings. The van der Waals surface area contributed by atoms with E-state index < -0.39 is 0 Å². The molecule has 6 heteroatoms. The molecular weight excluding hydrogens is 356 g/mol. The van der Waals surface area contributed by atoms with Crippen LogP contribution in [0.3, 0.4) is 0 Å². The molecule has 0 bridgehead atoms. The summed E-state index contributed by atoms with van der Waals surface area (Å²) in [6.07, 6.45) is 3.91. The summed E-state index contributed by atoms with van der Waals surface area (Å²) >= 11 is 1.47. The summed E-state index contributed by atoms with van der Waals surface area (Å²) in [5.41, 5.74) is 3.30. The summed E-state index contributed by atoms with van der Waals surface area (Å²) in [4.78, 5) is 22.8. The largest absolute Gasteiger partial charge is 0.365 e. The Hall–Kier alpha value is -2.60. The first-order valence-electron chi connectivity index (χ1n) is 9.26. The van der Waals surface area contributed by atoms with E-state index in [1.54, 1.807) is 0 Å². The molecule has 3 aromatic rings. The van der Waals surface area contributed by atoms with E-state index in [9.17, 15) is 4.79 Å². The van der Waals surface area contributed by atoms with E-state index in [1.807, 2.05) is 40.9 Å². The molecule has 1 amide bonds. The number of hydrogen-bond acceptors (Lipinski definition) is 4. The number of rotatable bonds is 3. The van der Waals surface area contributed by atoms with Gasteiger partial charge in [-0.3, -0.25) is 4.79 Å². The van der Waals surface area contributed by atoms with Crippen LogP contribution >= 0.6 is 11.3 Å². The normalized spacial score (nSPS) is 17.4. The van der Waals surface area contributed by atoms with Crippen molar-refractivity contribution in [2.75, 3.05) is 24.5 Å². The summed E-state index contributed by atoms with van der Waals surface area (Å²) < 4.78 is 1.95. The number of amides is 1. The van der Waals surface area contributed by atoms with Crippen LogP contribution in [0, 0.1) is 13.8 Å². The molecule has 0 N–H and O–H groups in total. The average Bonchev–Trinajstić information content (AvgIpc) is 3.30. The van der Waals surface area contributed by atoms with Gasteiger partial charge in [0.2, 0.25) is 0 Å². The standard InChI is InChI=1S/C21H24N4OS/c1-15-7-6-8-18(13-15)25-12-11-24(14-16(25)2)20(26)19-17(3)22-21(27-19)23-9-4-5-10-23/h4-10,13,16H,11-12,14H2,1-3H3. The summed E-state index contributed by atoms with van der Waals surface area (Å²) in [6.45, 7) is 8.52. The van der Waals surface area contributed by atoms with Crippen molar-refractivity contribution < 1.29 is 4.79 Å². The Kier molecular flexibility index (Phi) is 4.74. The van der Waals surface area contributed by atoms with Gasteiger partial charge in [0.25, 0.3) is 5.91 Å². The van der Waals surface area contributed by atoms with Crippen LogP contribution in [0.25, 0.3) is 5.13 Å². The van der Waals surface area contributed by atoms with Crippen LogP contribution in [-0.2, 0) is 0 Å². The molecule has 0 radical (unpaired) electrons. The number of carbonyl (C=O) groups is 1. The molecule has 5 nitrogen and oxygen atoms in total. The number of piperazine rings is 1. The molecule has 1 aromatic carbocycles. The third-order valence-corrected chi connectivity index (χ3v) is 6.21. The fourth-order valence-electron chi connectivity index (χ4n) is 3.63. The number of aryl methyl sites for hydroxylation is 2. The highest BCUT2D eigenvalue weighted by Gasteiger charge is 2.29. The lowest BCUT2D eigenvalue weighted by Crippen LogP contribution is -2.53. The van der Waals surface area contributed by atoms with Crippen molar-refractivity contribution in [1.29, 1.82) is 0 Å². The van der Waals surface area contributed by atoms with Crippen LogP contribution in [0.2, 0.25) is 0 Å².